The number of thiocarbonyl (C=S) groups is 1. The van der Waals surface area contributed by atoms with Crippen molar-refractivity contribution in [1.82, 2.24) is 5.43 Å². The third-order valence-corrected chi connectivity index (χ3v) is 3.97. The van der Waals surface area contributed by atoms with E-state index in [4.69, 9.17) is 17.0 Å². The quantitative estimate of drug-likeness (QED) is 0.359. The largest absolute Gasteiger partial charge is 0.493 e. The molecular formula is C22H21N3OS. The van der Waals surface area contributed by atoms with Gasteiger partial charge >= 0.3 is 0 Å². The summed E-state index contributed by atoms with van der Waals surface area (Å²) in [5.41, 5.74) is 5.92. The lowest BCUT2D eigenvalue weighted by molar-refractivity contribution is 0.322. The van der Waals surface area contributed by atoms with Crippen molar-refractivity contribution in [2.24, 2.45) is 5.10 Å². The first-order valence-corrected chi connectivity index (χ1v) is 9.12. The first kappa shape index (κ1) is 18.6. The summed E-state index contributed by atoms with van der Waals surface area (Å²) < 4.78 is 5.84. The van der Waals surface area contributed by atoms with E-state index in [-0.39, 0.29) is 0 Å². The van der Waals surface area contributed by atoms with Crippen LogP contribution in [0.25, 0.3) is 0 Å². The predicted octanol–water partition coefficient (Wildman–Crippen LogP) is 4.63. The Morgan fingerprint density at radius 2 is 1.67 bits per heavy atom. The van der Waals surface area contributed by atoms with Crippen molar-refractivity contribution in [3.8, 4) is 5.75 Å². The van der Waals surface area contributed by atoms with E-state index in [9.17, 15) is 0 Å². The smallest absolute Gasteiger partial charge is 0.191 e. The lowest BCUT2D eigenvalue weighted by atomic mass is 10.2. The fourth-order valence-corrected chi connectivity index (χ4v) is 2.63. The van der Waals surface area contributed by atoms with E-state index in [0.29, 0.717) is 11.7 Å². The van der Waals surface area contributed by atoms with Gasteiger partial charge in [0.25, 0.3) is 0 Å². The molecule has 0 heterocycles. The molecule has 0 bridgehead atoms. The van der Waals surface area contributed by atoms with Crippen LogP contribution < -0.4 is 15.5 Å². The van der Waals surface area contributed by atoms with E-state index in [1.807, 2.05) is 72.8 Å². The number of hydrazone groups is 1. The lowest BCUT2D eigenvalue weighted by Gasteiger charge is -2.07. The normalized spacial score (nSPS) is 10.5. The molecule has 5 heteroatoms. The van der Waals surface area contributed by atoms with Gasteiger partial charge in [0.2, 0.25) is 0 Å². The summed E-state index contributed by atoms with van der Waals surface area (Å²) in [6, 6.07) is 27.8. The fourth-order valence-electron chi connectivity index (χ4n) is 2.46. The van der Waals surface area contributed by atoms with Gasteiger partial charge in [-0.3, -0.25) is 5.43 Å². The number of hydrogen-bond donors (Lipinski definition) is 2. The van der Waals surface area contributed by atoms with Crippen molar-refractivity contribution in [2.45, 2.75) is 6.42 Å². The number of benzene rings is 3. The molecule has 0 spiro atoms. The maximum absolute atomic E-state index is 5.84. The van der Waals surface area contributed by atoms with Gasteiger partial charge in [-0.25, -0.2) is 0 Å². The van der Waals surface area contributed by atoms with Crippen LogP contribution in [0.3, 0.4) is 0 Å². The van der Waals surface area contributed by atoms with Gasteiger partial charge in [-0.05, 0) is 47.6 Å². The second kappa shape index (κ2) is 10.1. The minimum absolute atomic E-state index is 0.438. The highest BCUT2D eigenvalue weighted by Crippen LogP contribution is 2.13. The molecule has 0 aliphatic carbocycles. The Hall–Kier alpha value is -3.18. The summed E-state index contributed by atoms with van der Waals surface area (Å²) in [5.74, 6) is 0.819. The second-order valence-electron chi connectivity index (χ2n) is 5.85. The van der Waals surface area contributed by atoms with Gasteiger partial charge < -0.3 is 10.1 Å². The van der Waals surface area contributed by atoms with Crippen molar-refractivity contribution in [1.29, 1.82) is 0 Å². The Bertz CT molecular complexity index is 882. The second-order valence-corrected chi connectivity index (χ2v) is 6.25. The maximum Gasteiger partial charge on any atom is 0.191 e. The van der Waals surface area contributed by atoms with Crippen LogP contribution in [-0.4, -0.2) is 17.9 Å². The Labute approximate surface area is 164 Å². The summed E-state index contributed by atoms with van der Waals surface area (Å²) in [6.07, 6.45) is 2.59. The van der Waals surface area contributed by atoms with Gasteiger partial charge in [-0.15, -0.1) is 0 Å². The third-order valence-electron chi connectivity index (χ3n) is 3.77. The zero-order valence-corrected chi connectivity index (χ0v) is 15.7. The van der Waals surface area contributed by atoms with Crippen LogP contribution in [0.2, 0.25) is 0 Å². The number of para-hydroxylation sites is 1. The summed E-state index contributed by atoms with van der Waals surface area (Å²) in [4.78, 5) is 0. The predicted molar refractivity (Wildman–Crippen MR) is 115 cm³/mol. The molecule has 0 fully saturated rings. The van der Waals surface area contributed by atoms with Crippen molar-refractivity contribution >= 4 is 29.2 Å². The van der Waals surface area contributed by atoms with E-state index < -0.39 is 0 Å². The molecule has 3 rings (SSSR count). The van der Waals surface area contributed by atoms with Gasteiger partial charge in [0.15, 0.2) is 5.11 Å². The number of nitrogens with zero attached hydrogens (tertiary/aromatic N) is 1. The summed E-state index contributed by atoms with van der Waals surface area (Å²) in [6.45, 7) is 0.633. The third kappa shape index (κ3) is 6.56. The van der Waals surface area contributed by atoms with E-state index in [1.165, 1.54) is 5.56 Å². The molecule has 136 valence electrons. The van der Waals surface area contributed by atoms with Crippen LogP contribution >= 0.6 is 12.2 Å². The topological polar surface area (TPSA) is 45.7 Å². The van der Waals surface area contributed by atoms with Gasteiger partial charge in [0.1, 0.15) is 5.75 Å². The van der Waals surface area contributed by atoms with Gasteiger partial charge in [-0.1, -0.05) is 60.7 Å². The van der Waals surface area contributed by atoms with Crippen LogP contribution in [0.1, 0.15) is 11.1 Å². The Morgan fingerprint density at radius 3 is 2.44 bits per heavy atom. The first-order valence-electron chi connectivity index (χ1n) is 8.71. The minimum Gasteiger partial charge on any atom is -0.493 e. The molecule has 0 unspecified atom stereocenters. The van der Waals surface area contributed by atoms with Gasteiger partial charge in [0.05, 0.1) is 12.8 Å². The van der Waals surface area contributed by atoms with Crippen LogP contribution in [0.5, 0.6) is 5.75 Å². The average Bonchev–Trinajstić information content (AvgIpc) is 2.70. The molecule has 2 N–H and O–H groups in total. The number of hydrogen-bond acceptors (Lipinski definition) is 3. The van der Waals surface area contributed by atoms with Gasteiger partial charge in [-0.2, -0.15) is 5.10 Å². The molecule has 0 atom stereocenters. The van der Waals surface area contributed by atoms with Crippen molar-refractivity contribution in [2.75, 3.05) is 11.9 Å². The molecule has 0 saturated heterocycles. The summed E-state index contributed by atoms with van der Waals surface area (Å²) in [5, 5.41) is 7.68. The SMILES string of the molecule is S=C(NN=Cc1cccc(OCCc2ccccc2)c1)Nc1ccccc1. The van der Waals surface area contributed by atoms with Crippen LogP contribution in [0.15, 0.2) is 90.0 Å². The number of anilines is 1. The van der Waals surface area contributed by atoms with Crippen LogP contribution in [0, 0.1) is 0 Å². The first-order chi connectivity index (χ1) is 13.3. The zero-order chi connectivity index (χ0) is 18.7. The monoisotopic (exact) mass is 375 g/mol. The molecule has 4 nitrogen and oxygen atoms in total. The maximum atomic E-state index is 5.84. The molecule has 0 aliphatic heterocycles. The Morgan fingerprint density at radius 1 is 0.926 bits per heavy atom. The van der Waals surface area contributed by atoms with Crippen molar-refractivity contribution < 1.29 is 4.74 Å². The van der Waals surface area contributed by atoms with E-state index in [1.54, 1.807) is 6.21 Å². The molecule has 0 radical (unpaired) electrons. The molecule has 0 saturated carbocycles. The highest BCUT2D eigenvalue weighted by Gasteiger charge is 1.98. The highest BCUT2D eigenvalue weighted by atomic mass is 32.1. The Balaban J connectivity index is 1.46. The Kier molecular flexibility index (Phi) is 6.95. The van der Waals surface area contributed by atoms with Gasteiger partial charge in [0, 0.05) is 12.1 Å². The molecule has 3 aromatic rings. The highest BCUT2D eigenvalue weighted by molar-refractivity contribution is 7.80. The number of nitrogens with one attached hydrogen (secondary N) is 2. The molecular weight excluding hydrogens is 354 g/mol. The van der Waals surface area contributed by atoms with Crippen LogP contribution in [0.4, 0.5) is 5.69 Å². The van der Waals surface area contributed by atoms with Crippen LogP contribution in [-0.2, 0) is 6.42 Å². The van der Waals surface area contributed by atoms with E-state index in [0.717, 1.165) is 23.4 Å². The molecule has 27 heavy (non-hydrogen) atoms. The lowest BCUT2D eigenvalue weighted by Crippen LogP contribution is -2.23. The minimum atomic E-state index is 0.438. The fraction of sp³-hybridized carbons (Fsp3) is 0.0909. The molecule has 3 aromatic carbocycles. The number of ether oxygens (including phenoxy) is 1. The summed E-state index contributed by atoms with van der Waals surface area (Å²) >= 11 is 5.22. The van der Waals surface area contributed by atoms with Crippen molar-refractivity contribution in [3.05, 3.63) is 96.1 Å². The average molecular weight is 375 g/mol. The van der Waals surface area contributed by atoms with Crippen molar-refractivity contribution in [3.63, 3.8) is 0 Å². The number of rotatable bonds is 7. The van der Waals surface area contributed by atoms with E-state index >= 15 is 0 Å². The molecule has 0 aromatic heterocycles. The standard InChI is InChI=1S/C22H21N3OS/c27-22(24-20-11-5-2-6-12-20)25-23-17-19-10-7-13-21(16-19)26-15-14-18-8-3-1-4-9-18/h1-13,16-17H,14-15H2,(H2,24,25,27). The molecule has 0 amide bonds. The van der Waals surface area contributed by atoms with E-state index in [2.05, 4.69) is 28.0 Å². The molecule has 0 aliphatic rings. The summed E-state index contributed by atoms with van der Waals surface area (Å²) in [7, 11) is 0. The zero-order valence-electron chi connectivity index (χ0n) is 14.8.